The van der Waals surface area contributed by atoms with Crippen LogP contribution in [0.1, 0.15) is 43.0 Å². The number of nitrogens with one attached hydrogen (secondary N) is 1. The van der Waals surface area contributed by atoms with E-state index < -0.39 is 17.8 Å². The maximum Gasteiger partial charge on any atom is 0.416 e. The van der Waals surface area contributed by atoms with Gasteiger partial charge in [0.05, 0.1) is 11.6 Å². The van der Waals surface area contributed by atoms with Gasteiger partial charge in [0.25, 0.3) is 0 Å². The zero-order valence-electron chi connectivity index (χ0n) is 15.2. The summed E-state index contributed by atoms with van der Waals surface area (Å²) in [6.07, 6.45) is -3.71. The van der Waals surface area contributed by atoms with Gasteiger partial charge < -0.3 is 11.1 Å². The van der Waals surface area contributed by atoms with Gasteiger partial charge in [0.15, 0.2) is 0 Å². The highest BCUT2D eigenvalue weighted by Gasteiger charge is 2.31. The summed E-state index contributed by atoms with van der Waals surface area (Å²) in [6, 6.07) is 11.9. The molecular formula is C20H24ClF3N2O. The Bertz CT molecular complexity index is 763. The number of rotatable bonds is 6. The number of alkyl halides is 3. The van der Waals surface area contributed by atoms with Crippen molar-refractivity contribution < 1.29 is 18.0 Å². The van der Waals surface area contributed by atoms with Gasteiger partial charge in [0, 0.05) is 12.1 Å². The zero-order valence-corrected chi connectivity index (χ0v) is 16.0. The molecule has 3 N–H and O–H groups in total. The van der Waals surface area contributed by atoms with Crippen molar-refractivity contribution in [2.45, 2.75) is 38.9 Å². The van der Waals surface area contributed by atoms with Crippen molar-refractivity contribution in [3.05, 3.63) is 65.2 Å². The van der Waals surface area contributed by atoms with Crippen LogP contribution in [0.5, 0.6) is 0 Å². The summed E-state index contributed by atoms with van der Waals surface area (Å²) in [5, 5.41) is 2.85. The van der Waals surface area contributed by atoms with Gasteiger partial charge >= 0.3 is 6.18 Å². The molecule has 0 spiro atoms. The second-order valence-electron chi connectivity index (χ2n) is 6.61. The number of nitrogens with two attached hydrogens (primary N) is 1. The standard InChI is InChI=1S/C20H23F3N2O.ClH/c1-13(2)19(15-7-5-8-16(12-15)20(21,22)23)25-18(26)11-10-14-6-3-4-9-17(14)24;/h3-9,12-13,19H,10-11,24H2,1-2H3,(H,25,26);1H. The lowest BCUT2D eigenvalue weighted by atomic mass is 9.94. The fourth-order valence-corrected chi connectivity index (χ4v) is 2.80. The van der Waals surface area contributed by atoms with Crippen LogP contribution in [0.4, 0.5) is 18.9 Å². The molecule has 0 aliphatic rings. The van der Waals surface area contributed by atoms with Crippen molar-refractivity contribution in [2.24, 2.45) is 5.92 Å². The van der Waals surface area contributed by atoms with E-state index in [4.69, 9.17) is 5.73 Å². The van der Waals surface area contributed by atoms with Gasteiger partial charge in [0.1, 0.15) is 0 Å². The number of carbonyl (C=O) groups excluding carboxylic acids is 1. The van der Waals surface area contributed by atoms with Crippen molar-refractivity contribution in [1.82, 2.24) is 5.32 Å². The molecule has 0 aliphatic carbocycles. The lowest BCUT2D eigenvalue weighted by molar-refractivity contribution is -0.137. The molecule has 0 saturated heterocycles. The summed E-state index contributed by atoms with van der Waals surface area (Å²) >= 11 is 0. The Labute approximate surface area is 163 Å². The van der Waals surface area contributed by atoms with Crippen molar-refractivity contribution in [3.63, 3.8) is 0 Å². The molecule has 2 aromatic carbocycles. The van der Waals surface area contributed by atoms with Gasteiger partial charge in [-0.05, 0) is 41.7 Å². The van der Waals surface area contributed by atoms with E-state index in [0.29, 0.717) is 17.7 Å². The first-order chi connectivity index (χ1) is 12.2. The van der Waals surface area contributed by atoms with E-state index in [1.807, 2.05) is 32.0 Å². The van der Waals surface area contributed by atoms with Gasteiger partial charge in [-0.2, -0.15) is 13.2 Å². The normalized spacial score (nSPS) is 12.4. The molecule has 0 bridgehead atoms. The van der Waals surface area contributed by atoms with E-state index in [1.54, 1.807) is 12.1 Å². The van der Waals surface area contributed by atoms with Gasteiger partial charge in [0.2, 0.25) is 5.91 Å². The van der Waals surface area contributed by atoms with Crippen molar-refractivity contribution in [2.75, 3.05) is 5.73 Å². The van der Waals surface area contributed by atoms with Crippen LogP contribution in [0, 0.1) is 5.92 Å². The molecule has 0 saturated carbocycles. The predicted molar refractivity (Wildman–Crippen MR) is 104 cm³/mol. The molecule has 7 heteroatoms. The maximum atomic E-state index is 12.9. The quantitative estimate of drug-likeness (QED) is 0.658. The van der Waals surface area contributed by atoms with Crippen LogP contribution in [0.2, 0.25) is 0 Å². The number of anilines is 1. The number of nitrogen functional groups attached to an aromatic ring is 1. The topological polar surface area (TPSA) is 55.1 Å². The smallest absolute Gasteiger partial charge is 0.399 e. The number of para-hydroxylation sites is 1. The van der Waals surface area contributed by atoms with E-state index in [2.05, 4.69) is 5.32 Å². The third-order valence-corrected chi connectivity index (χ3v) is 4.23. The summed E-state index contributed by atoms with van der Waals surface area (Å²) in [7, 11) is 0. The summed E-state index contributed by atoms with van der Waals surface area (Å²) in [4.78, 5) is 12.3. The van der Waals surface area contributed by atoms with E-state index in [1.165, 1.54) is 6.07 Å². The Kier molecular flexibility index (Phi) is 8.16. The molecular weight excluding hydrogens is 377 g/mol. The van der Waals surface area contributed by atoms with Crippen LogP contribution in [-0.2, 0) is 17.4 Å². The second-order valence-corrected chi connectivity index (χ2v) is 6.61. The lowest BCUT2D eigenvalue weighted by Crippen LogP contribution is -2.32. The largest absolute Gasteiger partial charge is 0.416 e. The van der Waals surface area contributed by atoms with Gasteiger partial charge in [-0.15, -0.1) is 12.4 Å². The van der Waals surface area contributed by atoms with E-state index in [-0.39, 0.29) is 30.7 Å². The number of hydrogen-bond acceptors (Lipinski definition) is 2. The maximum absolute atomic E-state index is 12.9. The van der Waals surface area contributed by atoms with Crippen LogP contribution >= 0.6 is 12.4 Å². The fourth-order valence-electron chi connectivity index (χ4n) is 2.80. The Hall–Kier alpha value is -2.21. The van der Waals surface area contributed by atoms with Gasteiger partial charge in [-0.25, -0.2) is 0 Å². The average molecular weight is 401 g/mol. The second kappa shape index (κ2) is 9.65. The molecule has 1 atom stereocenters. The van der Waals surface area contributed by atoms with E-state index in [0.717, 1.165) is 17.7 Å². The summed E-state index contributed by atoms with van der Waals surface area (Å²) in [6.45, 7) is 3.72. The number of amides is 1. The van der Waals surface area contributed by atoms with Crippen LogP contribution in [0.25, 0.3) is 0 Å². The molecule has 0 aliphatic heterocycles. The lowest BCUT2D eigenvalue weighted by Gasteiger charge is -2.24. The molecule has 2 rings (SSSR count). The highest BCUT2D eigenvalue weighted by molar-refractivity contribution is 5.85. The first-order valence-electron chi connectivity index (χ1n) is 8.48. The molecule has 148 valence electrons. The minimum Gasteiger partial charge on any atom is -0.399 e. The molecule has 0 radical (unpaired) electrons. The van der Waals surface area contributed by atoms with Gasteiger partial charge in [-0.3, -0.25) is 4.79 Å². The fraction of sp³-hybridized carbons (Fsp3) is 0.350. The molecule has 0 heterocycles. The molecule has 1 amide bonds. The number of halogens is 4. The van der Waals surface area contributed by atoms with Crippen molar-refractivity contribution in [3.8, 4) is 0 Å². The number of hydrogen-bond donors (Lipinski definition) is 2. The SMILES string of the molecule is CC(C)C(NC(=O)CCc1ccccc1N)c1cccc(C(F)(F)F)c1.Cl. The Morgan fingerprint density at radius 1 is 1.11 bits per heavy atom. The van der Waals surface area contributed by atoms with Crippen molar-refractivity contribution in [1.29, 1.82) is 0 Å². The third-order valence-electron chi connectivity index (χ3n) is 4.23. The first-order valence-corrected chi connectivity index (χ1v) is 8.48. The van der Waals surface area contributed by atoms with Crippen LogP contribution in [-0.4, -0.2) is 5.91 Å². The van der Waals surface area contributed by atoms with Crippen LogP contribution < -0.4 is 11.1 Å². The summed E-state index contributed by atoms with van der Waals surface area (Å²) in [5.41, 5.74) is 7.10. The Morgan fingerprint density at radius 2 is 1.78 bits per heavy atom. The summed E-state index contributed by atoms with van der Waals surface area (Å²) < 4.78 is 38.8. The number of benzene rings is 2. The molecule has 0 aromatic heterocycles. The van der Waals surface area contributed by atoms with Crippen LogP contribution in [0.3, 0.4) is 0 Å². The van der Waals surface area contributed by atoms with Gasteiger partial charge in [-0.1, -0.05) is 44.2 Å². The minimum atomic E-state index is -4.41. The molecule has 1 unspecified atom stereocenters. The zero-order chi connectivity index (χ0) is 19.3. The Balaban J connectivity index is 0.00000364. The molecule has 0 fully saturated rings. The first kappa shape index (κ1) is 22.8. The van der Waals surface area contributed by atoms with E-state index >= 15 is 0 Å². The minimum absolute atomic E-state index is 0. The average Bonchev–Trinajstić information content (AvgIpc) is 2.58. The third kappa shape index (κ3) is 6.47. The van der Waals surface area contributed by atoms with Crippen LogP contribution in [0.15, 0.2) is 48.5 Å². The molecule has 2 aromatic rings. The van der Waals surface area contributed by atoms with Crippen molar-refractivity contribution >= 4 is 24.0 Å². The van der Waals surface area contributed by atoms with E-state index in [9.17, 15) is 18.0 Å². The number of aryl methyl sites for hydroxylation is 1. The summed E-state index contributed by atoms with van der Waals surface area (Å²) in [5.74, 6) is -0.270. The highest BCUT2D eigenvalue weighted by atomic mass is 35.5. The highest BCUT2D eigenvalue weighted by Crippen LogP contribution is 2.32. The number of carbonyl (C=O) groups is 1. The molecule has 3 nitrogen and oxygen atoms in total. The monoisotopic (exact) mass is 400 g/mol. The Morgan fingerprint density at radius 3 is 2.37 bits per heavy atom. The predicted octanol–water partition coefficient (Wildman–Crippen LogP) is 5.16. The molecule has 27 heavy (non-hydrogen) atoms.